The van der Waals surface area contributed by atoms with E-state index in [4.69, 9.17) is 0 Å². The van der Waals surface area contributed by atoms with Crippen LogP contribution in [0.15, 0.2) is 24.3 Å². The lowest BCUT2D eigenvalue weighted by Crippen LogP contribution is -2.48. The van der Waals surface area contributed by atoms with Gasteiger partial charge in [0.2, 0.25) is 5.91 Å². The lowest BCUT2D eigenvalue weighted by Gasteiger charge is -2.34. The molecule has 1 aliphatic heterocycles. The molecule has 1 saturated carbocycles. The smallest absolute Gasteiger partial charge is 0.237 e. The Morgan fingerprint density at radius 2 is 1.90 bits per heavy atom. The number of amides is 1. The summed E-state index contributed by atoms with van der Waals surface area (Å²) in [7, 11) is 0. The van der Waals surface area contributed by atoms with Crippen molar-refractivity contribution in [2.24, 2.45) is 0 Å². The highest BCUT2D eigenvalue weighted by atomic mass is 16.2. The van der Waals surface area contributed by atoms with Gasteiger partial charge in [0.25, 0.3) is 0 Å². The van der Waals surface area contributed by atoms with Crippen molar-refractivity contribution in [1.29, 1.82) is 0 Å². The van der Waals surface area contributed by atoms with E-state index in [1.54, 1.807) is 5.56 Å². The fourth-order valence-electron chi connectivity index (χ4n) is 3.67. The van der Waals surface area contributed by atoms with Gasteiger partial charge in [0, 0.05) is 6.54 Å². The summed E-state index contributed by atoms with van der Waals surface area (Å²) in [5.41, 5.74) is 3.04. The van der Waals surface area contributed by atoms with Crippen molar-refractivity contribution in [3.05, 3.63) is 35.4 Å². The third kappa shape index (κ3) is 3.13. The van der Waals surface area contributed by atoms with E-state index in [0.29, 0.717) is 12.5 Å². The lowest BCUT2D eigenvalue weighted by atomic mass is 9.74. The van der Waals surface area contributed by atoms with Crippen molar-refractivity contribution in [3.63, 3.8) is 0 Å². The Bertz CT molecular complexity index is 496. The third-order valence-electron chi connectivity index (χ3n) is 5.05. The second kappa shape index (κ2) is 6.61. The molecule has 2 aliphatic rings. The molecule has 1 saturated heterocycles. The van der Waals surface area contributed by atoms with E-state index in [1.165, 1.54) is 24.8 Å². The number of hydrogen-bond donors (Lipinski definition) is 2. The molecule has 114 valence electrons. The predicted octanol–water partition coefficient (Wildman–Crippen LogP) is 2.93. The zero-order valence-electron chi connectivity index (χ0n) is 12.9. The van der Waals surface area contributed by atoms with Crippen LogP contribution in [0.1, 0.15) is 62.0 Å². The minimum atomic E-state index is -0.0295. The van der Waals surface area contributed by atoms with E-state index >= 15 is 0 Å². The van der Waals surface area contributed by atoms with Gasteiger partial charge >= 0.3 is 0 Å². The fourth-order valence-corrected chi connectivity index (χ4v) is 3.67. The van der Waals surface area contributed by atoms with E-state index in [0.717, 1.165) is 25.3 Å². The first kappa shape index (κ1) is 14.6. The minimum absolute atomic E-state index is 0.0295. The van der Waals surface area contributed by atoms with Gasteiger partial charge in [-0.15, -0.1) is 0 Å². The van der Waals surface area contributed by atoms with E-state index < -0.39 is 0 Å². The Balaban J connectivity index is 1.75. The van der Waals surface area contributed by atoms with Gasteiger partial charge in [-0.2, -0.15) is 0 Å². The first-order valence-electron chi connectivity index (χ1n) is 8.39. The molecular weight excluding hydrogens is 260 g/mol. The largest absolute Gasteiger partial charge is 0.355 e. The number of carbonyl (C=O) groups excluding carboxylic acids is 1. The molecule has 0 spiro atoms. The maximum Gasteiger partial charge on any atom is 0.237 e. The number of benzene rings is 1. The maximum atomic E-state index is 12.1. The Kier molecular flexibility index (Phi) is 4.59. The standard InChI is InChI=1S/C18H26N2O/c1-2-19-18(21)17-12-14(10-11-20-17)16-9-4-3-8-15(16)13-6-5-7-13/h3-4,8-9,13-14,17,20H,2,5-7,10-12H2,1H3,(H,19,21). The van der Waals surface area contributed by atoms with E-state index in [-0.39, 0.29) is 11.9 Å². The van der Waals surface area contributed by atoms with E-state index in [1.807, 2.05) is 6.92 Å². The molecule has 2 fully saturated rings. The number of likely N-dealkylation sites (N-methyl/N-ethyl adjacent to an activating group) is 1. The van der Waals surface area contributed by atoms with Crippen LogP contribution in [0, 0.1) is 0 Å². The van der Waals surface area contributed by atoms with Gasteiger partial charge in [-0.1, -0.05) is 30.7 Å². The molecule has 3 heteroatoms. The maximum absolute atomic E-state index is 12.1. The first-order valence-corrected chi connectivity index (χ1v) is 8.39. The Hall–Kier alpha value is -1.35. The van der Waals surface area contributed by atoms with E-state index in [2.05, 4.69) is 34.9 Å². The predicted molar refractivity (Wildman–Crippen MR) is 85.5 cm³/mol. The molecule has 1 aromatic carbocycles. The summed E-state index contributed by atoms with van der Waals surface area (Å²) in [5.74, 6) is 1.44. The van der Waals surface area contributed by atoms with Gasteiger partial charge in [-0.3, -0.25) is 4.79 Å². The monoisotopic (exact) mass is 286 g/mol. The number of rotatable bonds is 4. The number of hydrogen-bond acceptors (Lipinski definition) is 2. The Morgan fingerprint density at radius 3 is 2.52 bits per heavy atom. The van der Waals surface area contributed by atoms with Crippen LogP contribution < -0.4 is 10.6 Å². The summed E-state index contributed by atoms with van der Waals surface area (Å²) in [5, 5.41) is 6.31. The van der Waals surface area contributed by atoms with Crippen LogP contribution in [0.25, 0.3) is 0 Å². The van der Waals surface area contributed by atoms with Gasteiger partial charge in [0.15, 0.2) is 0 Å². The molecule has 1 aliphatic carbocycles. The number of nitrogens with one attached hydrogen (secondary N) is 2. The van der Waals surface area contributed by atoms with Crippen LogP contribution in [-0.2, 0) is 4.79 Å². The molecule has 2 N–H and O–H groups in total. The topological polar surface area (TPSA) is 41.1 Å². The average Bonchev–Trinajstić information content (AvgIpc) is 2.46. The SMILES string of the molecule is CCNC(=O)C1CC(c2ccccc2C2CCC2)CCN1. The highest BCUT2D eigenvalue weighted by molar-refractivity contribution is 5.81. The first-order chi connectivity index (χ1) is 10.3. The van der Waals surface area contributed by atoms with Crippen LogP contribution in [0.5, 0.6) is 0 Å². The number of carbonyl (C=O) groups is 1. The molecule has 0 aromatic heterocycles. The zero-order valence-corrected chi connectivity index (χ0v) is 12.9. The summed E-state index contributed by atoms with van der Waals surface area (Å²) in [6, 6.07) is 8.89. The summed E-state index contributed by atoms with van der Waals surface area (Å²) < 4.78 is 0. The van der Waals surface area contributed by atoms with Gasteiger partial charge in [-0.25, -0.2) is 0 Å². The Labute approximate surface area is 127 Å². The van der Waals surface area contributed by atoms with Crippen LogP contribution >= 0.6 is 0 Å². The van der Waals surface area contributed by atoms with Crippen molar-refractivity contribution >= 4 is 5.91 Å². The zero-order chi connectivity index (χ0) is 14.7. The minimum Gasteiger partial charge on any atom is -0.355 e. The normalized spacial score (nSPS) is 26.1. The summed E-state index contributed by atoms with van der Waals surface area (Å²) in [4.78, 5) is 12.1. The molecular formula is C18H26N2O. The third-order valence-corrected chi connectivity index (χ3v) is 5.05. The molecule has 1 heterocycles. The molecule has 3 nitrogen and oxygen atoms in total. The van der Waals surface area contributed by atoms with Gasteiger partial charge in [-0.05, 0) is 62.1 Å². The molecule has 3 rings (SSSR count). The van der Waals surface area contributed by atoms with Gasteiger partial charge < -0.3 is 10.6 Å². The van der Waals surface area contributed by atoms with Crippen LogP contribution in [-0.4, -0.2) is 25.0 Å². The van der Waals surface area contributed by atoms with Crippen molar-refractivity contribution in [1.82, 2.24) is 10.6 Å². The second-order valence-corrected chi connectivity index (χ2v) is 6.38. The average molecular weight is 286 g/mol. The summed E-state index contributed by atoms with van der Waals surface area (Å²) >= 11 is 0. The van der Waals surface area contributed by atoms with Crippen LogP contribution in [0.2, 0.25) is 0 Å². The molecule has 1 aromatic rings. The van der Waals surface area contributed by atoms with Crippen molar-refractivity contribution in [2.45, 2.75) is 56.9 Å². The molecule has 1 amide bonds. The number of piperidine rings is 1. The molecule has 0 bridgehead atoms. The van der Waals surface area contributed by atoms with Crippen molar-refractivity contribution in [2.75, 3.05) is 13.1 Å². The van der Waals surface area contributed by atoms with Gasteiger partial charge in [0.05, 0.1) is 6.04 Å². The molecule has 2 atom stereocenters. The second-order valence-electron chi connectivity index (χ2n) is 6.38. The van der Waals surface area contributed by atoms with Gasteiger partial charge in [0.1, 0.15) is 0 Å². The van der Waals surface area contributed by atoms with Crippen LogP contribution in [0.3, 0.4) is 0 Å². The highest BCUT2D eigenvalue weighted by Gasteiger charge is 2.30. The summed E-state index contributed by atoms with van der Waals surface area (Å²) in [6.45, 7) is 3.62. The molecule has 2 unspecified atom stereocenters. The van der Waals surface area contributed by atoms with Crippen molar-refractivity contribution < 1.29 is 4.79 Å². The van der Waals surface area contributed by atoms with Crippen molar-refractivity contribution in [3.8, 4) is 0 Å². The highest BCUT2D eigenvalue weighted by Crippen LogP contribution is 2.41. The quantitative estimate of drug-likeness (QED) is 0.893. The Morgan fingerprint density at radius 1 is 1.19 bits per heavy atom. The van der Waals surface area contributed by atoms with Crippen LogP contribution in [0.4, 0.5) is 0 Å². The fraction of sp³-hybridized carbons (Fsp3) is 0.611. The molecule has 21 heavy (non-hydrogen) atoms. The molecule has 0 radical (unpaired) electrons. The van der Waals surface area contributed by atoms with E-state index in [9.17, 15) is 4.79 Å². The lowest BCUT2D eigenvalue weighted by molar-refractivity contribution is -0.123. The summed E-state index contributed by atoms with van der Waals surface area (Å²) in [6.07, 6.45) is 6.10.